The lowest BCUT2D eigenvalue weighted by molar-refractivity contribution is -0.384. The highest BCUT2D eigenvalue weighted by Crippen LogP contribution is 2.22. The highest BCUT2D eigenvalue weighted by molar-refractivity contribution is 5.99. The van der Waals surface area contributed by atoms with Gasteiger partial charge < -0.3 is 4.74 Å². The van der Waals surface area contributed by atoms with Crippen molar-refractivity contribution in [2.75, 3.05) is 6.61 Å². The quantitative estimate of drug-likeness (QED) is 0.373. The van der Waals surface area contributed by atoms with Crippen molar-refractivity contribution in [3.05, 3.63) is 94.5 Å². The molecule has 0 aliphatic carbocycles. The first-order valence-electron chi connectivity index (χ1n) is 8.89. The van der Waals surface area contributed by atoms with E-state index in [0.29, 0.717) is 17.0 Å². The van der Waals surface area contributed by atoms with Crippen LogP contribution in [0, 0.1) is 10.1 Å². The van der Waals surface area contributed by atoms with Crippen LogP contribution in [-0.4, -0.2) is 23.1 Å². The Morgan fingerprint density at radius 1 is 1.00 bits per heavy atom. The number of nitro groups is 1. The third-order valence-corrected chi connectivity index (χ3v) is 4.15. The number of hydrazone groups is 1. The molecule has 0 unspecified atom stereocenters. The van der Waals surface area contributed by atoms with E-state index in [1.165, 1.54) is 12.1 Å². The van der Waals surface area contributed by atoms with Gasteiger partial charge in [-0.2, -0.15) is 5.10 Å². The van der Waals surface area contributed by atoms with E-state index in [9.17, 15) is 14.9 Å². The topological polar surface area (TPSA) is 93.8 Å². The van der Waals surface area contributed by atoms with E-state index in [1.54, 1.807) is 31.2 Å². The molecule has 0 fully saturated rings. The number of ether oxygens (including phenoxy) is 1. The maximum absolute atomic E-state index is 12.0. The molecule has 29 heavy (non-hydrogen) atoms. The van der Waals surface area contributed by atoms with Crippen molar-refractivity contribution in [1.29, 1.82) is 0 Å². The molecule has 7 nitrogen and oxygen atoms in total. The van der Waals surface area contributed by atoms with Gasteiger partial charge in [0, 0.05) is 17.7 Å². The second-order valence-electron chi connectivity index (χ2n) is 6.22. The minimum atomic E-state index is -0.480. The predicted octanol–water partition coefficient (Wildman–Crippen LogP) is 4.18. The standard InChI is InChI=1S/C22H19N3O4/c1-16(19-8-5-9-20(14-19)25(27)28)23-24-22(26)15-29-21-12-10-18(11-13-21)17-6-3-2-4-7-17/h2-14H,15H2,1H3,(H,24,26). The Bertz CT molecular complexity index is 1030. The summed E-state index contributed by atoms with van der Waals surface area (Å²) in [4.78, 5) is 22.3. The summed E-state index contributed by atoms with van der Waals surface area (Å²) in [5, 5.41) is 14.8. The van der Waals surface area contributed by atoms with Crippen LogP contribution in [0.15, 0.2) is 84.0 Å². The van der Waals surface area contributed by atoms with Crippen LogP contribution < -0.4 is 10.2 Å². The summed E-state index contributed by atoms with van der Waals surface area (Å²) >= 11 is 0. The Kier molecular flexibility index (Phi) is 6.32. The molecule has 0 radical (unpaired) electrons. The summed E-state index contributed by atoms with van der Waals surface area (Å²) in [5.74, 6) is 0.140. The number of amides is 1. The molecule has 0 aliphatic rings. The van der Waals surface area contributed by atoms with E-state index >= 15 is 0 Å². The van der Waals surface area contributed by atoms with Crippen LogP contribution >= 0.6 is 0 Å². The van der Waals surface area contributed by atoms with Gasteiger partial charge in [-0.05, 0) is 30.2 Å². The van der Waals surface area contributed by atoms with Gasteiger partial charge in [-0.25, -0.2) is 5.43 Å². The fourth-order valence-corrected chi connectivity index (χ4v) is 2.61. The molecular weight excluding hydrogens is 370 g/mol. The summed E-state index contributed by atoms with van der Waals surface area (Å²) in [6, 6.07) is 23.4. The van der Waals surface area contributed by atoms with E-state index in [2.05, 4.69) is 10.5 Å². The van der Waals surface area contributed by atoms with Gasteiger partial charge in [0.05, 0.1) is 10.6 Å². The van der Waals surface area contributed by atoms with Gasteiger partial charge in [0.25, 0.3) is 11.6 Å². The molecule has 0 aliphatic heterocycles. The highest BCUT2D eigenvalue weighted by Gasteiger charge is 2.08. The number of nitrogens with zero attached hydrogens (tertiary/aromatic N) is 2. The molecular formula is C22H19N3O4. The third-order valence-electron chi connectivity index (χ3n) is 4.15. The Morgan fingerprint density at radius 2 is 1.69 bits per heavy atom. The number of rotatable bonds is 7. The first-order valence-corrected chi connectivity index (χ1v) is 8.89. The third kappa shape index (κ3) is 5.49. The fraction of sp³-hybridized carbons (Fsp3) is 0.0909. The van der Waals surface area contributed by atoms with Gasteiger partial charge in [0.1, 0.15) is 5.75 Å². The minimum absolute atomic E-state index is 0.0364. The van der Waals surface area contributed by atoms with Crippen molar-refractivity contribution in [1.82, 2.24) is 5.43 Å². The molecule has 7 heteroatoms. The lowest BCUT2D eigenvalue weighted by atomic mass is 10.1. The van der Waals surface area contributed by atoms with Crippen molar-refractivity contribution in [2.24, 2.45) is 5.10 Å². The van der Waals surface area contributed by atoms with Gasteiger partial charge in [-0.15, -0.1) is 0 Å². The Balaban J connectivity index is 1.54. The van der Waals surface area contributed by atoms with Crippen LogP contribution in [0.5, 0.6) is 5.75 Å². The molecule has 3 aromatic rings. The number of benzene rings is 3. The predicted molar refractivity (Wildman–Crippen MR) is 111 cm³/mol. The van der Waals surface area contributed by atoms with Crippen molar-refractivity contribution in [3.63, 3.8) is 0 Å². The second kappa shape index (κ2) is 9.27. The summed E-state index contributed by atoms with van der Waals surface area (Å²) in [5.41, 5.74) is 5.52. The fourth-order valence-electron chi connectivity index (χ4n) is 2.61. The zero-order valence-corrected chi connectivity index (χ0v) is 15.7. The first-order chi connectivity index (χ1) is 14.0. The molecule has 0 spiro atoms. The molecule has 0 heterocycles. The molecule has 0 saturated carbocycles. The lowest BCUT2D eigenvalue weighted by Gasteiger charge is -2.07. The van der Waals surface area contributed by atoms with E-state index in [4.69, 9.17) is 4.74 Å². The molecule has 0 atom stereocenters. The number of nitrogens with one attached hydrogen (secondary N) is 1. The Labute approximate surface area is 167 Å². The van der Waals surface area contributed by atoms with Crippen LogP contribution in [0.3, 0.4) is 0 Å². The van der Waals surface area contributed by atoms with Gasteiger partial charge in [0.2, 0.25) is 0 Å². The molecule has 0 aromatic heterocycles. The number of non-ortho nitro benzene ring substituents is 1. The Hall–Kier alpha value is -4.00. The zero-order chi connectivity index (χ0) is 20.6. The number of hydrogen-bond acceptors (Lipinski definition) is 5. The molecule has 0 bridgehead atoms. The van der Waals surface area contributed by atoms with Gasteiger partial charge in [-0.1, -0.05) is 54.6 Å². The van der Waals surface area contributed by atoms with Crippen LogP contribution in [0.1, 0.15) is 12.5 Å². The molecule has 3 aromatic carbocycles. The normalized spacial score (nSPS) is 11.0. The minimum Gasteiger partial charge on any atom is -0.484 e. The average molecular weight is 389 g/mol. The van der Waals surface area contributed by atoms with Crippen molar-refractivity contribution in [3.8, 4) is 16.9 Å². The second-order valence-corrected chi connectivity index (χ2v) is 6.22. The summed E-state index contributed by atoms with van der Waals surface area (Å²) in [7, 11) is 0. The number of hydrogen-bond donors (Lipinski definition) is 1. The van der Waals surface area contributed by atoms with E-state index < -0.39 is 10.8 Å². The van der Waals surface area contributed by atoms with E-state index in [0.717, 1.165) is 11.1 Å². The van der Waals surface area contributed by atoms with E-state index in [1.807, 2.05) is 42.5 Å². The molecule has 1 N–H and O–H groups in total. The molecule has 3 rings (SSSR count). The molecule has 146 valence electrons. The Morgan fingerprint density at radius 3 is 2.38 bits per heavy atom. The zero-order valence-electron chi connectivity index (χ0n) is 15.7. The van der Waals surface area contributed by atoms with Gasteiger partial charge >= 0.3 is 0 Å². The van der Waals surface area contributed by atoms with Crippen LogP contribution in [0.4, 0.5) is 5.69 Å². The largest absolute Gasteiger partial charge is 0.484 e. The first kappa shape index (κ1) is 19.8. The monoisotopic (exact) mass is 389 g/mol. The van der Waals surface area contributed by atoms with Crippen molar-refractivity contribution < 1.29 is 14.5 Å². The molecule has 0 saturated heterocycles. The van der Waals surface area contributed by atoms with Crippen LogP contribution in [-0.2, 0) is 4.79 Å². The highest BCUT2D eigenvalue weighted by atomic mass is 16.6. The van der Waals surface area contributed by atoms with Crippen LogP contribution in [0.2, 0.25) is 0 Å². The summed E-state index contributed by atoms with van der Waals surface area (Å²) in [6.07, 6.45) is 0. The van der Waals surface area contributed by atoms with Crippen molar-refractivity contribution >= 4 is 17.3 Å². The van der Waals surface area contributed by atoms with Gasteiger partial charge in [-0.3, -0.25) is 14.9 Å². The van der Waals surface area contributed by atoms with Gasteiger partial charge in [0.15, 0.2) is 6.61 Å². The summed E-state index contributed by atoms with van der Waals surface area (Å²) < 4.78 is 5.48. The SMILES string of the molecule is CC(=NNC(=O)COc1ccc(-c2ccccc2)cc1)c1cccc([N+](=O)[O-])c1. The summed E-state index contributed by atoms with van der Waals surface area (Å²) in [6.45, 7) is 1.46. The number of carbonyl (C=O) groups is 1. The maximum Gasteiger partial charge on any atom is 0.277 e. The number of nitro benzene ring substituents is 1. The smallest absolute Gasteiger partial charge is 0.277 e. The molecule has 1 amide bonds. The average Bonchev–Trinajstić information content (AvgIpc) is 2.77. The van der Waals surface area contributed by atoms with Crippen LogP contribution in [0.25, 0.3) is 11.1 Å². The lowest BCUT2D eigenvalue weighted by Crippen LogP contribution is -2.25. The van der Waals surface area contributed by atoms with E-state index in [-0.39, 0.29) is 12.3 Å². The maximum atomic E-state index is 12.0. The van der Waals surface area contributed by atoms with Crippen molar-refractivity contribution in [2.45, 2.75) is 6.92 Å². The number of carbonyl (C=O) groups excluding carboxylic acids is 1.